The summed E-state index contributed by atoms with van der Waals surface area (Å²) in [5.74, 6) is 0.947. The van der Waals surface area contributed by atoms with Crippen molar-refractivity contribution in [3.05, 3.63) is 24.3 Å². The summed E-state index contributed by atoms with van der Waals surface area (Å²) < 4.78 is 5.25. The number of ether oxygens (including phenoxy) is 1. The van der Waals surface area contributed by atoms with Crippen LogP contribution in [0.2, 0.25) is 0 Å². The number of anilines is 1. The van der Waals surface area contributed by atoms with Crippen LogP contribution in [-0.2, 0) is 0 Å². The van der Waals surface area contributed by atoms with Gasteiger partial charge < -0.3 is 15.0 Å². The molecule has 15 heavy (non-hydrogen) atoms. The van der Waals surface area contributed by atoms with Crippen LogP contribution in [0, 0.1) is 0 Å². The van der Waals surface area contributed by atoms with Crippen molar-refractivity contribution < 1.29 is 4.74 Å². The van der Waals surface area contributed by atoms with Gasteiger partial charge in [-0.15, -0.1) is 0 Å². The lowest BCUT2D eigenvalue weighted by atomic mass is 10.2. The molecule has 2 aliphatic heterocycles. The number of nitrogens with zero attached hydrogens (tertiary/aromatic N) is 1. The number of methoxy groups -OCH3 is 1. The summed E-state index contributed by atoms with van der Waals surface area (Å²) in [6.07, 6.45) is 1.29. The number of benzene rings is 1. The standard InChI is InChI=1S/C12H16N2O/c1-15-12-4-2-3-10(6-12)14-8-9-5-11(14)7-13-9/h2-4,6,9,11,13H,5,7-8H2,1H3. The van der Waals surface area contributed by atoms with Gasteiger partial charge in [-0.3, -0.25) is 0 Å². The van der Waals surface area contributed by atoms with Gasteiger partial charge in [-0.1, -0.05) is 6.07 Å². The fraction of sp³-hybridized carbons (Fsp3) is 0.500. The van der Waals surface area contributed by atoms with E-state index in [1.807, 2.05) is 6.07 Å². The number of hydrogen-bond donors (Lipinski definition) is 1. The zero-order valence-electron chi connectivity index (χ0n) is 8.94. The minimum Gasteiger partial charge on any atom is -0.497 e. The van der Waals surface area contributed by atoms with Crippen molar-refractivity contribution in [3.63, 3.8) is 0 Å². The van der Waals surface area contributed by atoms with Crippen molar-refractivity contribution in [2.75, 3.05) is 25.1 Å². The summed E-state index contributed by atoms with van der Waals surface area (Å²) in [6, 6.07) is 9.73. The van der Waals surface area contributed by atoms with Gasteiger partial charge in [0.1, 0.15) is 5.75 Å². The van der Waals surface area contributed by atoms with Crippen LogP contribution in [0.25, 0.3) is 0 Å². The molecule has 3 rings (SSSR count). The van der Waals surface area contributed by atoms with Gasteiger partial charge in [0.25, 0.3) is 0 Å². The first-order chi connectivity index (χ1) is 7.36. The first-order valence-corrected chi connectivity index (χ1v) is 5.51. The molecule has 2 heterocycles. The van der Waals surface area contributed by atoms with Crippen LogP contribution in [0.5, 0.6) is 5.75 Å². The number of nitrogens with one attached hydrogen (secondary N) is 1. The van der Waals surface area contributed by atoms with Gasteiger partial charge in [-0.2, -0.15) is 0 Å². The van der Waals surface area contributed by atoms with Gasteiger partial charge in [0.2, 0.25) is 0 Å². The van der Waals surface area contributed by atoms with E-state index in [4.69, 9.17) is 4.74 Å². The Morgan fingerprint density at radius 2 is 2.40 bits per heavy atom. The molecule has 2 saturated heterocycles. The number of piperazine rings is 1. The van der Waals surface area contributed by atoms with E-state index in [0.717, 1.165) is 18.8 Å². The zero-order chi connectivity index (χ0) is 10.3. The first kappa shape index (κ1) is 9.04. The van der Waals surface area contributed by atoms with Crippen molar-refractivity contribution in [1.29, 1.82) is 0 Å². The molecule has 2 bridgehead atoms. The molecule has 80 valence electrons. The van der Waals surface area contributed by atoms with Crippen molar-refractivity contribution in [3.8, 4) is 5.75 Å². The molecule has 0 saturated carbocycles. The summed E-state index contributed by atoms with van der Waals surface area (Å²) in [5.41, 5.74) is 1.29. The van der Waals surface area contributed by atoms with E-state index in [0.29, 0.717) is 12.1 Å². The van der Waals surface area contributed by atoms with Crippen LogP contribution >= 0.6 is 0 Å². The van der Waals surface area contributed by atoms with Gasteiger partial charge in [-0.05, 0) is 18.6 Å². The molecule has 0 aliphatic carbocycles. The van der Waals surface area contributed by atoms with Crippen LogP contribution in [0.4, 0.5) is 5.69 Å². The third-order valence-electron chi connectivity index (χ3n) is 3.44. The molecule has 3 heteroatoms. The van der Waals surface area contributed by atoms with Crippen molar-refractivity contribution in [2.24, 2.45) is 0 Å². The summed E-state index contributed by atoms with van der Waals surface area (Å²) in [5, 5.41) is 3.51. The van der Waals surface area contributed by atoms with Gasteiger partial charge in [0.05, 0.1) is 7.11 Å². The maximum atomic E-state index is 5.25. The molecule has 2 atom stereocenters. The molecule has 1 aromatic rings. The average molecular weight is 204 g/mol. The average Bonchev–Trinajstić information content (AvgIpc) is 2.91. The molecule has 2 unspecified atom stereocenters. The van der Waals surface area contributed by atoms with Crippen LogP contribution < -0.4 is 15.0 Å². The monoisotopic (exact) mass is 204 g/mol. The van der Waals surface area contributed by atoms with Crippen molar-refractivity contribution in [2.45, 2.75) is 18.5 Å². The Hall–Kier alpha value is -1.22. The molecular formula is C12H16N2O. The van der Waals surface area contributed by atoms with Gasteiger partial charge >= 0.3 is 0 Å². The minimum absolute atomic E-state index is 0.683. The molecule has 1 aromatic carbocycles. The SMILES string of the molecule is COc1cccc(N2CC3CC2CN3)c1. The molecule has 2 fully saturated rings. The van der Waals surface area contributed by atoms with E-state index in [1.54, 1.807) is 7.11 Å². The maximum absolute atomic E-state index is 5.25. The summed E-state index contributed by atoms with van der Waals surface area (Å²) in [4.78, 5) is 2.49. The highest BCUT2D eigenvalue weighted by Crippen LogP contribution is 2.31. The topological polar surface area (TPSA) is 24.5 Å². The molecule has 0 radical (unpaired) electrons. The fourth-order valence-electron chi connectivity index (χ4n) is 2.67. The Balaban J connectivity index is 1.86. The highest BCUT2D eigenvalue weighted by Gasteiger charge is 2.37. The van der Waals surface area contributed by atoms with E-state index in [9.17, 15) is 0 Å². The molecule has 0 amide bonds. The molecular weight excluding hydrogens is 188 g/mol. The quantitative estimate of drug-likeness (QED) is 0.784. The number of rotatable bonds is 2. The van der Waals surface area contributed by atoms with E-state index < -0.39 is 0 Å². The van der Waals surface area contributed by atoms with E-state index in [-0.39, 0.29) is 0 Å². The lowest BCUT2D eigenvalue weighted by Crippen LogP contribution is -2.43. The molecule has 2 aliphatic rings. The molecule has 1 N–H and O–H groups in total. The van der Waals surface area contributed by atoms with Crippen LogP contribution in [0.1, 0.15) is 6.42 Å². The van der Waals surface area contributed by atoms with Crippen LogP contribution in [0.15, 0.2) is 24.3 Å². The summed E-state index contributed by atoms with van der Waals surface area (Å²) in [6.45, 7) is 2.26. The summed E-state index contributed by atoms with van der Waals surface area (Å²) >= 11 is 0. The smallest absolute Gasteiger partial charge is 0.120 e. The Morgan fingerprint density at radius 3 is 3.07 bits per heavy atom. The Labute approximate surface area is 90.0 Å². The summed E-state index contributed by atoms with van der Waals surface area (Å²) in [7, 11) is 1.72. The number of fused-ring (bicyclic) bond motifs is 2. The highest BCUT2D eigenvalue weighted by molar-refractivity contribution is 5.53. The third-order valence-corrected chi connectivity index (χ3v) is 3.44. The highest BCUT2D eigenvalue weighted by atomic mass is 16.5. The lowest BCUT2D eigenvalue weighted by Gasteiger charge is -2.29. The fourth-order valence-corrected chi connectivity index (χ4v) is 2.67. The van der Waals surface area contributed by atoms with Gasteiger partial charge in [0.15, 0.2) is 0 Å². The normalized spacial score (nSPS) is 28.5. The van der Waals surface area contributed by atoms with E-state index in [2.05, 4.69) is 28.4 Å². The van der Waals surface area contributed by atoms with Gasteiger partial charge in [0, 0.05) is 36.9 Å². The Morgan fingerprint density at radius 1 is 1.47 bits per heavy atom. The Kier molecular flexibility index (Phi) is 2.06. The van der Waals surface area contributed by atoms with Crippen LogP contribution in [0.3, 0.4) is 0 Å². The third kappa shape index (κ3) is 1.47. The Bertz CT molecular complexity index is 366. The second-order valence-electron chi connectivity index (χ2n) is 4.35. The van der Waals surface area contributed by atoms with Crippen LogP contribution in [-0.4, -0.2) is 32.3 Å². The van der Waals surface area contributed by atoms with Gasteiger partial charge in [-0.25, -0.2) is 0 Å². The maximum Gasteiger partial charge on any atom is 0.120 e. The number of hydrogen-bond acceptors (Lipinski definition) is 3. The van der Waals surface area contributed by atoms with Crippen molar-refractivity contribution in [1.82, 2.24) is 5.32 Å². The second-order valence-corrected chi connectivity index (χ2v) is 4.35. The molecule has 0 spiro atoms. The first-order valence-electron chi connectivity index (χ1n) is 5.51. The van der Waals surface area contributed by atoms with E-state index in [1.165, 1.54) is 12.1 Å². The second kappa shape index (κ2) is 3.42. The minimum atomic E-state index is 0.683. The predicted molar refractivity (Wildman–Crippen MR) is 60.5 cm³/mol. The molecule has 3 nitrogen and oxygen atoms in total. The lowest BCUT2D eigenvalue weighted by molar-refractivity contribution is 0.414. The molecule has 0 aromatic heterocycles. The predicted octanol–water partition coefficient (Wildman–Crippen LogP) is 1.25. The zero-order valence-corrected chi connectivity index (χ0v) is 8.94. The van der Waals surface area contributed by atoms with Crippen molar-refractivity contribution >= 4 is 5.69 Å². The largest absolute Gasteiger partial charge is 0.497 e. The van der Waals surface area contributed by atoms with E-state index >= 15 is 0 Å².